The number of piperidine rings is 1. The first-order valence-corrected chi connectivity index (χ1v) is 9.96. The number of nitrogens with two attached hydrogens (primary N) is 1. The van der Waals surface area contributed by atoms with Crippen molar-refractivity contribution in [2.24, 2.45) is 0 Å². The number of halogens is 1. The molecule has 1 aliphatic heterocycles. The number of hydrogen-bond acceptors (Lipinski definition) is 5. The fourth-order valence-electron chi connectivity index (χ4n) is 3.62. The molecule has 2 aromatic rings. The van der Waals surface area contributed by atoms with Gasteiger partial charge in [0.05, 0.1) is 23.6 Å². The summed E-state index contributed by atoms with van der Waals surface area (Å²) in [5.41, 5.74) is 7.47. The predicted octanol–water partition coefficient (Wildman–Crippen LogP) is 1.03. The number of nitrogen functional groups attached to an aromatic ring is 1. The lowest BCUT2D eigenvalue weighted by atomic mass is 10.0. The lowest BCUT2D eigenvalue weighted by Crippen LogP contribution is -2.43. The van der Waals surface area contributed by atoms with E-state index >= 15 is 0 Å². The molecule has 0 atom stereocenters. The van der Waals surface area contributed by atoms with Crippen molar-refractivity contribution in [3.8, 4) is 0 Å². The fourth-order valence-corrected chi connectivity index (χ4v) is 3.62. The molecule has 154 valence electrons. The van der Waals surface area contributed by atoms with Gasteiger partial charge in [0.1, 0.15) is 11.6 Å². The molecule has 3 N–H and O–H groups in total. The zero-order chi connectivity index (χ0) is 20.8. The fraction of sp³-hybridized carbons (Fsp3) is 0.381. The molecule has 0 unspecified atom stereocenters. The second kappa shape index (κ2) is 9.76. The van der Waals surface area contributed by atoms with E-state index in [4.69, 9.17) is 10.2 Å². The van der Waals surface area contributed by atoms with Gasteiger partial charge in [-0.05, 0) is 56.3 Å². The molecule has 3 rings (SSSR count). The van der Waals surface area contributed by atoms with Crippen LogP contribution in [0.25, 0.3) is 6.08 Å². The summed E-state index contributed by atoms with van der Waals surface area (Å²) in [6.07, 6.45) is 4.42. The first kappa shape index (κ1) is 21.1. The van der Waals surface area contributed by atoms with Gasteiger partial charge in [0.2, 0.25) is 0 Å². The number of likely N-dealkylation sites (tertiary alicyclic amines) is 1. The maximum atomic E-state index is 13.7. The Morgan fingerprint density at radius 3 is 2.72 bits per heavy atom. The van der Waals surface area contributed by atoms with Crippen LogP contribution in [0, 0.1) is 0 Å². The highest BCUT2D eigenvalue weighted by Gasteiger charge is 2.19. The van der Waals surface area contributed by atoms with Crippen LogP contribution in [0.15, 0.2) is 52.0 Å². The number of nitrogens with zero attached hydrogens (tertiary/aromatic N) is 2. The zero-order valence-corrected chi connectivity index (χ0v) is 16.9. The smallest absolute Gasteiger partial charge is 0.251 e. The predicted molar refractivity (Wildman–Crippen MR) is 118 cm³/mol. The minimum absolute atomic E-state index is 0.187. The molecule has 1 fully saturated rings. The number of furan rings is 1. The van der Waals surface area contributed by atoms with Crippen LogP contribution < -0.4 is 22.3 Å². The van der Waals surface area contributed by atoms with Crippen LogP contribution >= 0.6 is 0 Å². The van der Waals surface area contributed by atoms with Gasteiger partial charge in [0.15, 0.2) is 7.85 Å². The molecule has 8 heteroatoms. The van der Waals surface area contributed by atoms with E-state index in [1.54, 1.807) is 0 Å². The molecule has 0 aromatic carbocycles. The summed E-state index contributed by atoms with van der Waals surface area (Å²) >= 11 is 0. The number of allylic oxidation sites excluding steroid dienone is 2. The monoisotopic (exact) mass is 398 g/mol. The molecule has 2 aromatic heterocycles. The average Bonchev–Trinajstić information content (AvgIpc) is 3.14. The van der Waals surface area contributed by atoms with Gasteiger partial charge in [-0.15, -0.1) is 0 Å². The zero-order valence-electron chi connectivity index (χ0n) is 16.9. The lowest BCUT2D eigenvalue weighted by molar-refractivity contribution is 0.189. The van der Waals surface area contributed by atoms with Crippen LogP contribution in [0.4, 0.5) is 10.1 Å². The molecule has 0 saturated carbocycles. The van der Waals surface area contributed by atoms with Crippen molar-refractivity contribution in [1.82, 2.24) is 14.8 Å². The Morgan fingerprint density at radius 2 is 2.07 bits per heavy atom. The molecule has 29 heavy (non-hydrogen) atoms. The van der Waals surface area contributed by atoms with Crippen molar-refractivity contribution in [3.05, 3.63) is 64.6 Å². The summed E-state index contributed by atoms with van der Waals surface area (Å²) in [4.78, 5) is 14.6. The third-order valence-corrected chi connectivity index (χ3v) is 5.32. The number of rotatable bonds is 8. The Hall–Kier alpha value is -2.58. The Morgan fingerprint density at radius 1 is 1.31 bits per heavy atom. The van der Waals surface area contributed by atoms with Gasteiger partial charge in [-0.1, -0.05) is 6.58 Å². The number of aromatic nitrogens is 1. The number of pyridine rings is 1. The van der Waals surface area contributed by atoms with E-state index in [1.807, 2.05) is 20.0 Å². The number of anilines is 1. The minimum Gasteiger partial charge on any atom is -0.476 e. The van der Waals surface area contributed by atoms with Gasteiger partial charge in [-0.3, -0.25) is 4.79 Å². The third-order valence-electron chi connectivity index (χ3n) is 5.32. The topological polar surface area (TPSA) is 76.4 Å². The van der Waals surface area contributed by atoms with Crippen LogP contribution in [0.1, 0.15) is 24.3 Å². The Bertz CT molecular complexity index is 929. The lowest BCUT2D eigenvalue weighted by Gasteiger charge is -2.32. The molecule has 0 bridgehead atoms. The standard InChI is InChI=1S/C21H28BFN4O2/c1-2-15(23)13-19-18(24)4-6-21(28)27(19)12-11-26-9-7-16(8-10-26)25-14-17-3-5-20(22)29-17/h2-6,13,16,25H,1,7-12,14,22,24H2/b15-13+. The van der Waals surface area contributed by atoms with E-state index in [2.05, 4.69) is 16.8 Å². The first-order valence-electron chi connectivity index (χ1n) is 9.96. The normalized spacial score (nSPS) is 16.2. The molecule has 0 spiro atoms. The van der Waals surface area contributed by atoms with E-state index in [-0.39, 0.29) is 5.56 Å². The van der Waals surface area contributed by atoms with Crippen molar-refractivity contribution in [3.63, 3.8) is 0 Å². The van der Waals surface area contributed by atoms with Crippen molar-refractivity contribution >= 4 is 25.3 Å². The molecule has 0 amide bonds. The van der Waals surface area contributed by atoms with Crippen LogP contribution in [-0.2, 0) is 13.1 Å². The highest BCUT2D eigenvalue weighted by atomic mass is 19.1. The van der Waals surface area contributed by atoms with E-state index in [1.165, 1.54) is 22.8 Å². The molecule has 1 aliphatic rings. The first-order chi connectivity index (χ1) is 14.0. The quantitative estimate of drug-likeness (QED) is 0.513. The molecular weight excluding hydrogens is 370 g/mol. The van der Waals surface area contributed by atoms with Gasteiger partial charge >= 0.3 is 0 Å². The van der Waals surface area contributed by atoms with Gasteiger partial charge in [-0.2, -0.15) is 0 Å². The molecular formula is C21H28BFN4O2. The SMILES string of the molecule is Bc1ccc(CNC2CCN(CCn3c(/C=C(/F)C=C)c(N)ccc3=O)CC2)o1. The minimum atomic E-state index is -0.519. The van der Waals surface area contributed by atoms with E-state index in [0.29, 0.717) is 30.5 Å². The van der Waals surface area contributed by atoms with Gasteiger partial charge in [0.25, 0.3) is 5.56 Å². The van der Waals surface area contributed by atoms with Gasteiger partial charge in [0, 0.05) is 25.2 Å². The maximum absolute atomic E-state index is 13.7. The Balaban J connectivity index is 1.53. The summed E-state index contributed by atoms with van der Waals surface area (Å²) < 4.78 is 20.8. The van der Waals surface area contributed by atoms with Crippen molar-refractivity contribution in [2.75, 3.05) is 25.4 Å². The number of hydrogen-bond donors (Lipinski definition) is 2. The highest BCUT2D eigenvalue weighted by molar-refractivity contribution is 6.29. The summed E-state index contributed by atoms with van der Waals surface area (Å²) in [7, 11) is 1.95. The number of nitrogens with one attached hydrogen (secondary N) is 1. The summed E-state index contributed by atoms with van der Waals surface area (Å²) in [6, 6.07) is 7.36. The molecule has 1 saturated heterocycles. The van der Waals surface area contributed by atoms with E-state index in [9.17, 15) is 9.18 Å². The largest absolute Gasteiger partial charge is 0.476 e. The van der Waals surface area contributed by atoms with E-state index in [0.717, 1.165) is 50.0 Å². The van der Waals surface area contributed by atoms with Crippen LogP contribution in [-0.4, -0.2) is 43.0 Å². The van der Waals surface area contributed by atoms with Crippen molar-refractivity contribution in [2.45, 2.75) is 32.0 Å². The Labute approximate surface area is 171 Å². The molecule has 0 aliphatic carbocycles. The molecule has 6 nitrogen and oxygen atoms in total. The highest BCUT2D eigenvalue weighted by Crippen LogP contribution is 2.16. The van der Waals surface area contributed by atoms with Crippen molar-refractivity contribution < 1.29 is 8.81 Å². The third kappa shape index (κ3) is 5.71. The molecule has 0 radical (unpaired) electrons. The van der Waals surface area contributed by atoms with Gasteiger partial charge in [-0.25, -0.2) is 4.39 Å². The van der Waals surface area contributed by atoms with Crippen LogP contribution in [0.3, 0.4) is 0 Å². The second-order valence-electron chi connectivity index (χ2n) is 7.41. The average molecular weight is 398 g/mol. The second-order valence-corrected chi connectivity index (χ2v) is 7.41. The summed E-state index contributed by atoms with van der Waals surface area (Å²) in [6.45, 7) is 7.21. The van der Waals surface area contributed by atoms with Crippen LogP contribution in [0.5, 0.6) is 0 Å². The summed E-state index contributed by atoms with van der Waals surface area (Å²) in [5, 5.41) is 3.55. The summed E-state index contributed by atoms with van der Waals surface area (Å²) in [5.74, 6) is 0.438. The van der Waals surface area contributed by atoms with Crippen LogP contribution in [0.2, 0.25) is 0 Å². The molecule has 3 heterocycles. The van der Waals surface area contributed by atoms with Gasteiger partial charge < -0.3 is 24.9 Å². The maximum Gasteiger partial charge on any atom is 0.251 e. The van der Waals surface area contributed by atoms with Crippen molar-refractivity contribution in [1.29, 1.82) is 0 Å². The Kier molecular flexibility index (Phi) is 7.11. The van der Waals surface area contributed by atoms with E-state index < -0.39 is 5.83 Å².